The molecule has 1 aromatic heterocycles. The molecule has 1 fully saturated rings. The van der Waals surface area contributed by atoms with E-state index in [0.717, 1.165) is 5.56 Å². The highest BCUT2D eigenvalue weighted by Crippen LogP contribution is 2.43. The van der Waals surface area contributed by atoms with E-state index in [1.54, 1.807) is 67.8 Å². The molecule has 36 heavy (non-hydrogen) atoms. The van der Waals surface area contributed by atoms with Gasteiger partial charge < -0.3 is 19.5 Å². The molecule has 1 amide bonds. The average molecular weight is 527 g/mol. The molecule has 2 heterocycles. The minimum absolute atomic E-state index is 0.0717. The Morgan fingerprint density at radius 2 is 1.69 bits per heavy atom. The number of pyridine rings is 1. The van der Waals surface area contributed by atoms with Crippen LogP contribution < -0.4 is 9.47 Å². The molecule has 4 rings (SSSR count). The molecule has 1 aliphatic heterocycles. The van der Waals surface area contributed by atoms with Crippen molar-refractivity contribution in [1.29, 1.82) is 0 Å². The van der Waals surface area contributed by atoms with E-state index >= 15 is 0 Å². The lowest BCUT2D eigenvalue weighted by Crippen LogP contribution is -2.29. The van der Waals surface area contributed by atoms with Gasteiger partial charge in [-0.25, -0.2) is 0 Å². The van der Waals surface area contributed by atoms with E-state index in [2.05, 4.69) is 4.98 Å². The molecule has 1 N–H and O–H groups in total. The monoisotopic (exact) mass is 526 g/mol. The Morgan fingerprint density at radius 1 is 0.972 bits per heavy atom. The molecule has 3 aromatic rings. The Morgan fingerprint density at radius 3 is 2.36 bits per heavy atom. The maximum atomic E-state index is 13.3. The van der Waals surface area contributed by atoms with Gasteiger partial charge in [0.2, 0.25) is 0 Å². The van der Waals surface area contributed by atoms with Gasteiger partial charge in [0.05, 0.1) is 40.4 Å². The van der Waals surface area contributed by atoms with Gasteiger partial charge in [-0.3, -0.25) is 14.6 Å². The number of halogens is 2. The molecule has 1 aliphatic rings. The van der Waals surface area contributed by atoms with E-state index in [0.29, 0.717) is 35.3 Å². The number of aliphatic hydroxyl groups is 1. The van der Waals surface area contributed by atoms with Crippen LogP contribution in [0.1, 0.15) is 36.6 Å². The van der Waals surface area contributed by atoms with Crippen LogP contribution in [0.15, 0.2) is 66.5 Å². The van der Waals surface area contributed by atoms with Crippen LogP contribution in [0.2, 0.25) is 10.0 Å². The standard InChI is InChI=1S/C27H24Cl2N2O5/c1-3-35-18-6-7-19(22(14-18)36-4-2)25(32)23-24(17-5-8-20(28)21(29)13-17)31(27(34)26(23)33)15-16-9-11-30-12-10-16/h5-14,24,32H,3-4,15H2,1-2H3/b25-23-. The number of hydrogen-bond acceptors (Lipinski definition) is 6. The third kappa shape index (κ3) is 5.03. The fourth-order valence-electron chi connectivity index (χ4n) is 4.13. The SMILES string of the molecule is CCOc1ccc(/C(O)=C2/C(=O)C(=O)N(Cc3ccncc3)C2c2ccc(Cl)c(Cl)c2)c(OCC)c1. The minimum Gasteiger partial charge on any atom is -0.507 e. The summed E-state index contributed by atoms with van der Waals surface area (Å²) in [5.74, 6) is -1.03. The summed E-state index contributed by atoms with van der Waals surface area (Å²) >= 11 is 12.4. The van der Waals surface area contributed by atoms with Crippen LogP contribution in [0, 0.1) is 0 Å². The number of Topliss-reactive ketones (excluding diaryl/α,β-unsaturated/α-hetero) is 1. The molecule has 1 atom stereocenters. The summed E-state index contributed by atoms with van der Waals surface area (Å²) in [6.07, 6.45) is 3.21. The van der Waals surface area contributed by atoms with Crippen LogP contribution in [-0.2, 0) is 16.1 Å². The van der Waals surface area contributed by atoms with Crippen LogP contribution in [0.4, 0.5) is 0 Å². The van der Waals surface area contributed by atoms with Gasteiger partial charge in [-0.1, -0.05) is 29.3 Å². The number of nitrogens with zero attached hydrogens (tertiary/aromatic N) is 2. The molecule has 0 saturated carbocycles. The number of carbonyl (C=O) groups is 2. The molecule has 1 saturated heterocycles. The van der Waals surface area contributed by atoms with Crippen molar-refractivity contribution in [2.45, 2.75) is 26.4 Å². The van der Waals surface area contributed by atoms with Crippen LogP contribution in [0.25, 0.3) is 5.76 Å². The largest absolute Gasteiger partial charge is 0.507 e. The topological polar surface area (TPSA) is 89.0 Å². The smallest absolute Gasteiger partial charge is 0.295 e. The molecular formula is C27H24Cl2N2O5. The number of carbonyl (C=O) groups excluding carboxylic acids is 2. The zero-order chi connectivity index (χ0) is 25.8. The lowest BCUT2D eigenvalue weighted by atomic mass is 9.94. The number of rotatable bonds is 8. The molecule has 0 aliphatic carbocycles. The van der Waals surface area contributed by atoms with Crippen LogP contribution in [0.3, 0.4) is 0 Å². The number of amides is 1. The summed E-state index contributed by atoms with van der Waals surface area (Å²) in [6, 6.07) is 12.4. The first kappa shape index (κ1) is 25.5. The van der Waals surface area contributed by atoms with Gasteiger partial charge in [-0.2, -0.15) is 0 Å². The van der Waals surface area contributed by atoms with Gasteiger partial charge in [0.1, 0.15) is 17.3 Å². The zero-order valence-electron chi connectivity index (χ0n) is 19.7. The normalized spacial score (nSPS) is 16.9. The lowest BCUT2D eigenvalue weighted by Gasteiger charge is -2.26. The lowest BCUT2D eigenvalue weighted by molar-refractivity contribution is -0.140. The van der Waals surface area contributed by atoms with Crippen LogP contribution in [0.5, 0.6) is 11.5 Å². The summed E-state index contributed by atoms with van der Waals surface area (Å²) in [5.41, 5.74) is 1.50. The van der Waals surface area contributed by atoms with Gasteiger partial charge in [0.15, 0.2) is 0 Å². The van der Waals surface area contributed by atoms with E-state index in [1.807, 2.05) is 6.92 Å². The zero-order valence-corrected chi connectivity index (χ0v) is 21.2. The van der Waals surface area contributed by atoms with E-state index < -0.39 is 17.7 Å². The number of hydrogen-bond donors (Lipinski definition) is 1. The van der Waals surface area contributed by atoms with Crippen molar-refractivity contribution in [3.63, 3.8) is 0 Å². The summed E-state index contributed by atoms with van der Waals surface area (Å²) in [5, 5.41) is 12.1. The Bertz CT molecular complexity index is 1330. The van der Waals surface area contributed by atoms with Crippen LogP contribution >= 0.6 is 23.2 Å². The van der Waals surface area contributed by atoms with Crippen LogP contribution in [-0.4, -0.2) is 39.9 Å². The van der Waals surface area contributed by atoms with Crippen molar-refractivity contribution in [3.05, 3.63) is 93.2 Å². The summed E-state index contributed by atoms with van der Waals surface area (Å²) in [4.78, 5) is 32.0. The Kier molecular flexibility index (Phi) is 7.82. The van der Waals surface area contributed by atoms with Gasteiger partial charge in [-0.05, 0) is 61.4 Å². The number of aromatic nitrogens is 1. The van der Waals surface area contributed by atoms with Crippen molar-refractivity contribution in [2.75, 3.05) is 13.2 Å². The highest BCUT2D eigenvalue weighted by Gasteiger charge is 2.46. The fraction of sp³-hybridized carbons (Fsp3) is 0.222. The van der Waals surface area contributed by atoms with Gasteiger partial charge >= 0.3 is 0 Å². The molecular weight excluding hydrogens is 503 g/mol. The van der Waals surface area contributed by atoms with Crippen molar-refractivity contribution < 1.29 is 24.2 Å². The third-order valence-electron chi connectivity index (χ3n) is 5.72. The minimum atomic E-state index is -0.908. The van der Waals surface area contributed by atoms with Gasteiger partial charge in [0.25, 0.3) is 11.7 Å². The number of likely N-dealkylation sites (tertiary alicyclic amines) is 1. The molecule has 0 spiro atoms. The van der Waals surface area contributed by atoms with Gasteiger partial charge in [-0.15, -0.1) is 0 Å². The summed E-state index contributed by atoms with van der Waals surface area (Å²) in [6.45, 7) is 4.56. The Labute approximate surface area is 218 Å². The molecule has 186 valence electrons. The second kappa shape index (κ2) is 11.0. The van der Waals surface area contributed by atoms with E-state index in [1.165, 1.54) is 4.90 Å². The highest BCUT2D eigenvalue weighted by molar-refractivity contribution is 6.46. The molecule has 2 aromatic carbocycles. The first-order valence-electron chi connectivity index (χ1n) is 11.4. The molecule has 0 bridgehead atoms. The fourth-order valence-corrected chi connectivity index (χ4v) is 4.44. The first-order chi connectivity index (χ1) is 17.3. The Hall–Kier alpha value is -3.55. The number of ether oxygens (including phenoxy) is 2. The third-order valence-corrected chi connectivity index (χ3v) is 6.46. The number of ketones is 1. The summed E-state index contributed by atoms with van der Waals surface area (Å²) < 4.78 is 11.3. The second-order valence-corrected chi connectivity index (χ2v) is 8.79. The van der Waals surface area contributed by atoms with Crippen molar-refractivity contribution in [3.8, 4) is 11.5 Å². The van der Waals surface area contributed by atoms with Gasteiger partial charge in [0, 0.05) is 25.0 Å². The van der Waals surface area contributed by atoms with Crippen molar-refractivity contribution in [1.82, 2.24) is 9.88 Å². The first-order valence-corrected chi connectivity index (χ1v) is 12.1. The quantitative estimate of drug-likeness (QED) is 0.226. The van der Waals surface area contributed by atoms with Crippen molar-refractivity contribution >= 4 is 40.7 Å². The number of aliphatic hydroxyl groups excluding tert-OH is 1. The predicted molar refractivity (Wildman–Crippen MR) is 137 cm³/mol. The molecule has 0 radical (unpaired) electrons. The predicted octanol–water partition coefficient (Wildman–Crippen LogP) is 5.81. The van der Waals surface area contributed by atoms with E-state index in [4.69, 9.17) is 32.7 Å². The highest BCUT2D eigenvalue weighted by atomic mass is 35.5. The maximum absolute atomic E-state index is 13.3. The molecule has 1 unspecified atom stereocenters. The second-order valence-electron chi connectivity index (χ2n) is 7.98. The summed E-state index contributed by atoms with van der Waals surface area (Å²) in [7, 11) is 0. The Balaban J connectivity index is 1.90. The van der Waals surface area contributed by atoms with Crippen molar-refractivity contribution in [2.24, 2.45) is 0 Å². The maximum Gasteiger partial charge on any atom is 0.295 e. The molecule has 7 nitrogen and oxygen atoms in total. The number of benzene rings is 2. The average Bonchev–Trinajstić information content (AvgIpc) is 3.11. The van der Waals surface area contributed by atoms with E-state index in [-0.39, 0.29) is 28.5 Å². The molecule has 9 heteroatoms. The van der Waals surface area contributed by atoms with E-state index in [9.17, 15) is 14.7 Å².